The van der Waals surface area contributed by atoms with Gasteiger partial charge in [-0.3, -0.25) is 5.32 Å². The predicted molar refractivity (Wildman–Crippen MR) is 53.6 cm³/mol. The molecule has 1 aromatic carbocycles. The van der Waals surface area contributed by atoms with E-state index in [1.165, 1.54) is 12.1 Å². The highest BCUT2D eigenvalue weighted by Gasteiger charge is 2.21. The normalized spacial score (nSPS) is 14.3. The van der Waals surface area contributed by atoms with Gasteiger partial charge in [-0.1, -0.05) is 29.8 Å². The lowest BCUT2D eigenvalue weighted by molar-refractivity contribution is -0.0000372. The van der Waals surface area contributed by atoms with E-state index in [9.17, 15) is 15.0 Å². The summed E-state index contributed by atoms with van der Waals surface area (Å²) in [5, 5.41) is 29.1. The van der Waals surface area contributed by atoms with E-state index in [2.05, 4.69) is 0 Å². The number of nitrogens with one attached hydrogen (secondary N) is 1. The summed E-state index contributed by atoms with van der Waals surface area (Å²) in [6, 6.07) is 6.32. The summed E-state index contributed by atoms with van der Waals surface area (Å²) < 4.78 is 0. The summed E-state index contributed by atoms with van der Waals surface area (Å²) in [4.78, 5) is 10.2. The van der Waals surface area contributed by atoms with Crippen LogP contribution in [0.15, 0.2) is 24.3 Å². The second-order valence-corrected chi connectivity index (χ2v) is 3.27. The second kappa shape index (κ2) is 4.97. The molecule has 1 amide bonds. The maximum Gasteiger partial charge on any atom is 0.406 e. The van der Waals surface area contributed by atoms with Crippen molar-refractivity contribution in [3.8, 4) is 0 Å². The molecule has 0 radical (unpaired) electrons. The van der Waals surface area contributed by atoms with E-state index in [-0.39, 0.29) is 10.6 Å². The molecule has 0 heterocycles. The molecule has 1 rings (SSSR count). The average molecular weight is 232 g/mol. The van der Waals surface area contributed by atoms with Crippen molar-refractivity contribution >= 4 is 17.7 Å². The molecule has 0 fully saturated rings. The predicted octanol–water partition coefficient (Wildman–Crippen LogP) is 0.959. The van der Waals surface area contributed by atoms with Gasteiger partial charge in [0.15, 0.2) is 6.23 Å². The minimum Gasteiger partial charge on any atom is -0.465 e. The molecular weight excluding hydrogens is 222 g/mol. The van der Waals surface area contributed by atoms with Gasteiger partial charge in [0.1, 0.15) is 6.10 Å². The number of hydrogen-bond acceptors (Lipinski definition) is 3. The van der Waals surface area contributed by atoms with E-state index in [0.717, 1.165) is 0 Å². The van der Waals surface area contributed by atoms with Crippen LogP contribution in [0.5, 0.6) is 0 Å². The maximum absolute atomic E-state index is 10.2. The third-order valence-corrected chi connectivity index (χ3v) is 2.14. The maximum atomic E-state index is 10.2. The van der Waals surface area contributed by atoms with Crippen LogP contribution in [0.1, 0.15) is 11.7 Å². The van der Waals surface area contributed by atoms with Gasteiger partial charge in [-0.15, -0.1) is 0 Å². The van der Waals surface area contributed by atoms with Gasteiger partial charge in [-0.05, 0) is 6.07 Å². The first-order valence-corrected chi connectivity index (χ1v) is 4.50. The molecule has 0 aliphatic heterocycles. The first-order chi connectivity index (χ1) is 7.02. The van der Waals surface area contributed by atoms with Crippen molar-refractivity contribution < 1.29 is 20.1 Å². The molecule has 0 aromatic heterocycles. The lowest BCUT2D eigenvalue weighted by Gasteiger charge is -2.18. The van der Waals surface area contributed by atoms with Crippen molar-refractivity contribution in [2.45, 2.75) is 12.3 Å². The van der Waals surface area contributed by atoms with Crippen LogP contribution in [0, 0.1) is 0 Å². The van der Waals surface area contributed by atoms with Gasteiger partial charge in [0.25, 0.3) is 0 Å². The smallest absolute Gasteiger partial charge is 0.406 e. The summed E-state index contributed by atoms with van der Waals surface area (Å²) in [6.07, 6.45) is -4.43. The molecule has 15 heavy (non-hydrogen) atoms. The summed E-state index contributed by atoms with van der Waals surface area (Å²) in [5.74, 6) is 0. The van der Waals surface area contributed by atoms with Crippen LogP contribution < -0.4 is 5.32 Å². The van der Waals surface area contributed by atoms with Crippen LogP contribution in [0.25, 0.3) is 0 Å². The number of rotatable bonds is 3. The summed E-state index contributed by atoms with van der Waals surface area (Å²) in [5.41, 5.74) is 0.264. The van der Waals surface area contributed by atoms with E-state index < -0.39 is 18.4 Å². The Morgan fingerprint density at radius 1 is 1.33 bits per heavy atom. The Labute approximate surface area is 90.9 Å². The molecule has 2 atom stereocenters. The van der Waals surface area contributed by atoms with Gasteiger partial charge in [-0.2, -0.15) is 0 Å². The van der Waals surface area contributed by atoms with Crippen LogP contribution in [-0.2, 0) is 0 Å². The van der Waals surface area contributed by atoms with Crippen molar-refractivity contribution in [3.63, 3.8) is 0 Å². The second-order valence-electron chi connectivity index (χ2n) is 2.86. The average Bonchev–Trinajstić information content (AvgIpc) is 2.16. The zero-order valence-corrected chi connectivity index (χ0v) is 8.35. The standard InChI is InChI=1S/C9H10ClNO4/c10-6-4-2-1-3-5(6)7(12)8(13)11-9(14)15/h1-4,7-8,11-13H,(H,14,15)/t7-,8+/m0/s1. The largest absolute Gasteiger partial charge is 0.465 e. The fourth-order valence-electron chi connectivity index (χ4n) is 1.09. The van der Waals surface area contributed by atoms with E-state index in [1.54, 1.807) is 17.4 Å². The van der Waals surface area contributed by atoms with Crippen molar-refractivity contribution in [3.05, 3.63) is 34.9 Å². The SMILES string of the molecule is O=C(O)N[C@H](O)[C@@H](O)c1ccccc1Cl. The van der Waals surface area contributed by atoms with Crippen molar-refractivity contribution in [1.29, 1.82) is 0 Å². The molecule has 0 aliphatic rings. The fourth-order valence-corrected chi connectivity index (χ4v) is 1.34. The number of halogens is 1. The number of aliphatic hydroxyl groups is 2. The minimum atomic E-state index is -1.61. The quantitative estimate of drug-likeness (QED) is 0.584. The Morgan fingerprint density at radius 3 is 2.47 bits per heavy atom. The van der Waals surface area contributed by atoms with Gasteiger partial charge < -0.3 is 15.3 Å². The van der Waals surface area contributed by atoms with Crippen molar-refractivity contribution in [2.75, 3.05) is 0 Å². The number of carbonyl (C=O) groups is 1. The van der Waals surface area contributed by atoms with Crippen LogP contribution in [0.4, 0.5) is 4.79 Å². The highest BCUT2D eigenvalue weighted by Crippen LogP contribution is 2.23. The van der Waals surface area contributed by atoms with E-state index in [0.29, 0.717) is 0 Å². The monoisotopic (exact) mass is 231 g/mol. The van der Waals surface area contributed by atoms with Gasteiger partial charge in [0, 0.05) is 10.6 Å². The highest BCUT2D eigenvalue weighted by atomic mass is 35.5. The molecule has 4 N–H and O–H groups in total. The molecule has 0 unspecified atom stereocenters. The van der Waals surface area contributed by atoms with Gasteiger partial charge >= 0.3 is 6.09 Å². The summed E-state index contributed by atoms with van der Waals surface area (Å²) >= 11 is 5.75. The number of carboxylic acid groups (broad SMARTS) is 1. The molecule has 0 spiro atoms. The van der Waals surface area contributed by atoms with Crippen molar-refractivity contribution in [1.82, 2.24) is 5.32 Å². The van der Waals surface area contributed by atoms with Crippen LogP contribution in [0.3, 0.4) is 0 Å². The third-order valence-electron chi connectivity index (χ3n) is 1.79. The molecule has 1 aromatic rings. The zero-order chi connectivity index (χ0) is 11.4. The van der Waals surface area contributed by atoms with Crippen LogP contribution in [0.2, 0.25) is 5.02 Å². The van der Waals surface area contributed by atoms with Crippen LogP contribution in [-0.4, -0.2) is 27.6 Å². The zero-order valence-electron chi connectivity index (χ0n) is 7.59. The number of aliphatic hydroxyl groups excluding tert-OH is 2. The van der Waals surface area contributed by atoms with E-state index in [1.807, 2.05) is 0 Å². The summed E-state index contributed by atoms with van der Waals surface area (Å²) in [7, 11) is 0. The molecule has 82 valence electrons. The Balaban J connectivity index is 2.80. The van der Waals surface area contributed by atoms with E-state index in [4.69, 9.17) is 16.7 Å². The fraction of sp³-hybridized carbons (Fsp3) is 0.222. The Bertz CT molecular complexity index is 358. The Kier molecular flexibility index (Phi) is 3.90. The number of benzene rings is 1. The highest BCUT2D eigenvalue weighted by molar-refractivity contribution is 6.31. The molecule has 0 aliphatic carbocycles. The minimum absolute atomic E-state index is 0.260. The lowest BCUT2D eigenvalue weighted by atomic mass is 10.1. The lowest BCUT2D eigenvalue weighted by Crippen LogP contribution is -2.38. The first-order valence-electron chi connectivity index (χ1n) is 4.12. The summed E-state index contributed by atoms with van der Waals surface area (Å²) in [6.45, 7) is 0. The molecule has 6 heteroatoms. The molecule has 5 nitrogen and oxygen atoms in total. The number of amides is 1. The first kappa shape index (κ1) is 11.8. The Hall–Kier alpha value is -1.30. The topological polar surface area (TPSA) is 89.8 Å². The van der Waals surface area contributed by atoms with Gasteiger partial charge in [-0.25, -0.2) is 4.79 Å². The van der Waals surface area contributed by atoms with E-state index >= 15 is 0 Å². The third kappa shape index (κ3) is 3.09. The molecule has 0 saturated carbocycles. The van der Waals surface area contributed by atoms with Crippen molar-refractivity contribution in [2.24, 2.45) is 0 Å². The van der Waals surface area contributed by atoms with Gasteiger partial charge in [0.05, 0.1) is 0 Å². The van der Waals surface area contributed by atoms with Crippen LogP contribution >= 0.6 is 11.6 Å². The Morgan fingerprint density at radius 2 is 1.93 bits per heavy atom. The van der Waals surface area contributed by atoms with Gasteiger partial charge in [0.2, 0.25) is 0 Å². The molecule has 0 bridgehead atoms. The molecule has 0 saturated heterocycles. The number of hydrogen-bond donors (Lipinski definition) is 4. The molecular formula is C9H10ClNO4.